The molecule has 0 aliphatic heterocycles. The molecule has 0 saturated heterocycles. The van der Waals surface area contributed by atoms with Crippen molar-refractivity contribution in [2.75, 3.05) is 0 Å². The highest BCUT2D eigenvalue weighted by atomic mass is 35.5. The first-order valence-corrected chi connectivity index (χ1v) is 6.99. The lowest BCUT2D eigenvalue weighted by Gasteiger charge is -2.17. The topological polar surface area (TPSA) is 29.1 Å². The van der Waals surface area contributed by atoms with Gasteiger partial charge >= 0.3 is 0 Å². The lowest BCUT2D eigenvalue weighted by molar-refractivity contribution is 0.0940. The van der Waals surface area contributed by atoms with Crippen LogP contribution in [-0.4, -0.2) is 5.91 Å². The van der Waals surface area contributed by atoms with Crippen LogP contribution in [0.1, 0.15) is 40.0 Å². The molecule has 20 heavy (non-hydrogen) atoms. The first-order valence-electron chi connectivity index (χ1n) is 6.61. The predicted molar refractivity (Wildman–Crippen MR) is 83.2 cm³/mol. The lowest BCUT2D eigenvalue weighted by Crippen LogP contribution is -2.27. The Hall–Kier alpha value is -1.80. The van der Waals surface area contributed by atoms with Gasteiger partial charge in [-0.2, -0.15) is 0 Å². The molecule has 0 aliphatic carbocycles. The van der Waals surface area contributed by atoms with Crippen LogP contribution in [0.25, 0.3) is 0 Å². The molecular formula is C17H18ClNO. The standard InChI is InChI=1S/C17H18ClNO/c1-11-8-9-12(2)15(10-11)13(3)19-17(20)14-6-4-5-7-16(14)18/h4-10,13H,1-3H3,(H,19,20)/t13-/m0/s1. The quantitative estimate of drug-likeness (QED) is 0.888. The van der Waals surface area contributed by atoms with Gasteiger partial charge in [0.25, 0.3) is 5.91 Å². The highest BCUT2D eigenvalue weighted by Crippen LogP contribution is 2.21. The van der Waals surface area contributed by atoms with Gasteiger partial charge in [-0.1, -0.05) is 47.5 Å². The molecule has 1 atom stereocenters. The van der Waals surface area contributed by atoms with Gasteiger partial charge in [-0.15, -0.1) is 0 Å². The largest absolute Gasteiger partial charge is 0.345 e. The van der Waals surface area contributed by atoms with Crippen molar-refractivity contribution in [3.63, 3.8) is 0 Å². The summed E-state index contributed by atoms with van der Waals surface area (Å²) in [6.07, 6.45) is 0. The smallest absolute Gasteiger partial charge is 0.253 e. The number of carbonyl (C=O) groups excluding carboxylic acids is 1. The summed E-state index contributed by atoms with van der Waals surface area (Å²) in [6.45, 7) is 6.08. The van der Waals surface area contributed by atoms with Gasteiger partial charge in [-0.25, -0.2) is 0 Å². The van der Waals surface area contributed by atoms with Crippen LogP contribution in [0, 0.1) is 13.8 Å². The number of rotatable bonds is 3. The van der Waals surface area contributed by atoms with Crippen molar-refractivity contribution in [2.24, 2.45) is 0 Å². The van der Waals surface area contributed by atoms with Crippen molar-refractivity contribution in [1.82, 2.24) is 5.32 Å². The molecule has 0 heterocycles. The van der Waals surface area contributed by atoms with E-state index in [2.05, 4.69) is 23.5 Å². The van der Waals surface area contributed by atoms with E-state index in [4.69, 9.17) is 11.6 Å². The molecule has 0 aliphatic rings. The minimum atomic E-state index is -0.149. The Morgan fingerprint density at radius 1 is 1.15 bits per heavy atom. The molecule has 0 aromatic heterocycles. The Bertz CT molecular complexity index is 637. The fourth-order valence-electron chi connectivity index (χ4n) is 2.22. The van der Waals surface area contributed by atoms with E-state index in [9.17, 15) is 4.79 Å². The Labute approximate surface area is 124 Å². The number of nitrogens with one attached hydrogen (secondary N) is 1. The Morgan fingerprint density at radius 3 is 2.55 bits per heavy atom. The second kappa shape index (κ2) is 6.10. The molecule has 3 heteroatoms. The zero-order valence-corrected chi connectivity index (χ0v) is 12.7. The predicted octanol–water partition coefficient (Wildman–Crippen LogP) is 4.45. The van der Waals surface area contributed by atoms with Crippen LogP contribution in [0.15, 0.2) is 42.5 Å². The Morgan fingerprint density at radius 2 is 1.85 bits per heavy atom. The van der Waals surface area contributed by atoms with E-state index >= 15 is 0 Å². The van der Waals surface area contributed by atoms with Gasteiger partial charge in [0, 0.05) is 0 Å². The Kier molecular flexibility index (Phi) is 4.46. The van der Waals surface area contributed by atoms with E-state index in [1.165, 1.54) is 11.1 Å². The van der Waals surface area contributed by atoms with Crippen molar-refractivity contribution in [2.45, 2.75) is 26.8 Å². The van der Waals surface area contributed by atoms with Gasteiger partial charge < -0.3 is 5.32 Å². The molecule has 1 amide bonds. The zero-order chi connectivity index (χ0) is 14.7. The maximum atomic E-state index is 12.2. The lowest BCUT2D eigenvalue weighted by atomic mass is 10.00. The van der Waals surface area contributed by atoms with Crippen molar-refractivity contribution >= 4 is 17.5 Å². The summed E-state index contributed by atoms with van der Waals surface area (Å²) >= 11 is 6.04. The number of aryl methyl sites for hydroxylation is 2. The minimum absolute atomic E-state index is 0.0568. The molecule has 104 valence electrons. The van der Waals surface area contributed by atoms with E-state index < -0.39 is 0 Å². The van der Waals surface area contributed by atoms with Crippen molar-refractivity contribution in [3.8, 4) is 0 Å². The number of hydrogen-bond acceptors (Lipinski definition) is 1. The molecular weight excluding hydrogens is 270 g/mol. The van der Waals surface area contributed by atoms with E-state index in [-0.39, 0.29) is 11.9 Å². The molecule has 0 saturated carbocycles. The fourth-order valence-corrected chi connectivity index (χ4v) is 2.45. The molecule has 0 unspecified atom stereocenters. The van der Waals surface area contributed by atoms with Gasteiger partial charge in [-0.3, -0.25) is 4.79 Å². The molecule has 2 rings (SSSR count). The van der Waals surface area contributed by atoms with Crippen LogP contribution >= 0.6 is 11.6 Å². The minimum Gasteiger partial charge on any atom is -0.345 e. The van der Waals surface area contributed by atoms with E-state index in [1.54, 1.807) is 12.1 Å². The van der Waals surface area contributed by atoms with E-state index in [0.717, 1.165) is 5.56 Å². The number of halogens is 1. The summed E-state index contributed by atoms with van der Waals surface area (Å²) in [6, 6.07) is 13.3. The summed E-state index contributed by atoms with van der Waals surface area (Å²) in [5.74, 6) is -0.149. The van der Waals surface area contributed by atoms with Crippen LogP contribution in [0.3, 0.4) is 0 Å². The normalized spacial score (nSPS) is 12.0. The SMILES string of the molecule is Cc1ccc(C)c([C@H](C)NC(=O)c2ccccc2Cl)c1. The fraction of sp³-hybridized carbons (Fsp3) is 0.235. The summed E-state index contributed by atoms with van der Waals surface area (Å²) in [7, 11) is 0. The third-order valence-electron chi connectivity index (χ3n) is 3.37. The van der Waals surface area contributed by atoms with Crippen molar-refractivity contribution in [1.29, 1.82) is 0 Å². The molecule has 2 aromatic carbocycles. The number of benzene rings is 2. The number of carbonyl (C=O) groups is 1. The summed E-state index contributed by atoms with van der Waals surface area (Å²) in [5.41, 5.74) is 3.99. The molecule has 2 aromatic rings. The van der Waals surface area contributed by atoms with Gasteiger partial charge in [0.05, 0.1) is 16.6 Å². The monoisotopic (exact) mass is 287 g/mol. The molecule has 0 bridgehead atoms. The second-order valence-electron chi connectivity index (χ2n) is 5.04. The highest BCUT2D eigenvalue weighted by molar-refractivity contribution is 6.33. The summed E-state index contributed by atoms with van der Waals surface area (Å²) in [4.78, 5) is 12.2. The summed E-state index contributed by atoms with van der Waals surface area (Å²) in [5, 5.41) is 3.47. The maximum absolute atomic E-state index is 12.2. The van der Waals surface area contributed by atoms with Gasteiger partial charge in [0.1, 0.15) is 0 Å². The highest BCUT2D eigenvalue weighted by Gasteiger charge is 2.15. The first kappa shape index (κ1) is 14.6. The number of amides is 1. The van der Waals surface area contributed by atoms with Gasteiger partial charge in [0.2, 0.25) is 0 Å². The average molecular weight is 288 g/mol. The molecule has 1 N–H and O–H groups in total. The zero-order valence-electron chi connectivity index (χ0n) is 11.9. The van der Waals surface area contributed by atoms with Crippen LogP contribution in [0.5, 0.6) is 0 Å². The van der Waals surface area contributed by atoms with E-state index in [0.29, 0.717) is 10.6 Å². The van der Waals surface area contributed by atoms with Crippen LogP contribution in [-0.2, 0) is 0 Å². The molecule has 2 nitrogen and oxygen atoms in total. The molecule has 0 spiro atoms. The molecule has 0 fully saturated rings. The van der Waals surface area contributed by atoms with Gasteiger partial charge in [0.15, 0.2) is 0 Å². The second-order valence-corrected chi connectivity index (χ2v) is 5.44. The maximum Gasteiger partial charge on any atom is 0.253 e. The van der Waals surface area contributed by atoms with Crippen LogP contribution in [0.2, 0.25) is 5.02 Å². The van der Waals surface area contributed by atoms with Crippen LogP contribution < -0.4 is 5.32 Å². The number of hydrogen-bond donors (Lipinski definition) is 1. The Balaban J connectivity index is 2.19. The van der Waals surface area contributed by atoms with E-state index in [1.807, 2.05) is 32.9 Å². The molecule has 0 radical (unpaired) electrons. The average Bonchev–Trinajstić information content (AvgIpc) is 2.41. The third kappa shape index (κ3) is 3.20. The third-order valence-corrected chi connectivity index (χ3v) is 3.70. The first-order chi connectivity index (χ1) is 9.49. The van der Waals surface area contributed by atoms with Crippen molar-refractivity contribution in [3.05, 3.63) is 69.7 Å². The summed E-state index contributed by atoms with van der Waals surface area (Å²) < 4.78 is 0. The van der Waals surface area contributed by atoms with Crippen LogP contribution in [0.4, 0.5) is 0 Å². The van der Waals surface area contributed by atoms with Gasteiger partial charge in [-0.05, 0) is 44.0 Å². The van der Waals surface area contributed by atoms with Crippen molar-refractivity contribution < 1.29 is 4.79 Å².